The van der Waals surface area contributed by atoms with Gasteiger partial charge < -0.3 is 4.90 Å². The molecule has 1 saturated heterocycles. The van der Waals surface area contributed by atoms with Gasteiger partial charge in [-0.15, -0.1) is 0 Å². The van der Waals surface area contributed by atoms with E-state index in [4.69, 9.17) is 10.5 Å². The van der Waals surface area contributed by atoms with Crippen molar-refractivity contribution in [2.24, 2.45) is 0 Å². The molecule has 1 aliphatic rings. The van der Waals surface area contributed by atoms with Crippen LogP contribution in [0.5, 0.6) is 0 Å². The molecule has 3 rings (SSSR count). The predicted octanol–water partition coefficient (Wildman–Crippen LogP) is 3.18. The van der Waals surface area contributed by atoms with Gasteiger partial charge >= 0.3 is 0 Å². The van der Waals surface area contributed by atoms with Crippen molar-refractivity contribution in [1.82, 2.24) is 4.90 Å². The van der Waals surface area contributed by atoms with Crippen molar-refractivity contribution in [2.75, 3.05) is 31.1 Å². The number of nitrogens with zero attached hydrogens (tertiary/aromatic N) is 5. The molecule has 1 heterocycles. The molecule has 0 radical (unpaired) electrons. The Hall–Kier alpha value is -3.33. The maximum absolute atomic E-state index is 9.38. The highest BCUT2D eigenvalue weighted by atomic mass is 15.3. The number of hydrogen-bond acceptors (Lipinski definition) is 5. The topological polar surface area (TPSA) is 77.8 Å². The first-order valence-electron chi connectivity index (χ1n) is 8.59. The number of hydrogen-bond donors (Lipinski definition) is 0. The third-order valence-electron chi connectivity index (χ3n) is 4.97. The fraction of sp³-hybridized carbons (Fsp3) is 0.286. The van der Waals surface area contributed by atoms with Crippen molar-refractivity contribution in [3.8, 4) is 18.2 Å². The maximum atomic E-state index is 9.38. The maximum Gasteiger partial charge on any atom is 0.101 e. The lowest BCUT2D eigenvalue weighted by Gasteiger charge is -2.39. The highest BCUT2D eigenvalue weighted by molar-refractivity contribution is 5.62. The molecule has 1 unspecified atom stereocenters. The minimum absolute atomic E-state index is 0.279. The van der Waals surface area contributed by atoms with Crippen LogP contribution in [0, 0.1) is 34.0 Å². The molecule has 0 amide bonds. The molecular formula is C21H19N5. The standard InChI is InChI=1S/C21H19N5/c1-16(19-5-2-17(13-22)3-6-19)25-8-10-26(11-9-25)21-7-4-18(14-23)12-20(21)15-24/h2-7,12,16H,8-11H2,1H3. The SMILES string of the molecule is CC(c1ccc(C#N)cc1)N1CCN(c2ccc(C#N)cc2C#N)CC1. The molecule has 0 saturated carbocycles. The van der Waals surface area contributed by atoms with Crippen LogP contribution in [0.25, 0.3) is 0 Å². The molecule has 5 heteroatoms. The van der Waals surface area contributed by atoms with E-state index in [0.717, 1.165) is 31.9 Å². The Morgan fingerprint density at radius 1 is 0.808 bits per heavy atom. The summed E-state index contributed by atoms with van der Waals surface area (Å²) in [6, 6.07) is 19.8. The van der Waals surface area contributed by atoms with Crippen molar-refractivity contribution in [3.63, 3.8) is 0 Å². The summed E-state index contributed by atoms with van der Waals surface area (Å²) in [5, 5.41) is 27.3. The van der Waals surface area contributed by atoms with Gasteiger partial charge in [-0.25, -0.2) is 0 Å². The second-order valence-corrected chi connectivity index (χ2v) is 6.39. The third-order valence-corrected chi connectivity index (χ3v) is 4.97. The lowest BCUT2D eigenvalue weighted by Crippen LogP contribution is -2.47. The van der Waals surface area contributed by atoms with Crippen molar-refractivity contribution < 1.29 is 0 Å². The molecule has 26 heavy (non-hydrogen) atoms. The molecule has 2 aromatic rings. The molecule has 128 valence electrons. The van der Waals surface area contributed by atoms with Crippen molar-refractivity contribution in [3.05, 3.63) is 64.7 Å². The Morgan fingerprint density at radius 2 is 1.42 bits per heavy atom. The van der Waals surface area contributed by atoms with Gasteiger partial charge in [-0.2, -0.15) is 15.8 Å². The summed E-state index contributed by atoms with van der Waals surface area (Å²) in [5.41, 5.74) is 3.84. The fourth-order valence-electron chi connectivity index (χ4n) is 3.37. The first kappa shape index (κ1) is 17.5. The van der Waals surface area contributed by atoms with Gasteiger partial charge in [-0.3, -0.25) is 4.90 Å². The molecule has 1 aliphatic heterocycles. The van der Waals surface area contributed by atoms with Crippen LogP contribution in [0.4, 0.5) is 5.69 Å². The first-order valence-corrected chi connectivity index (χ1v) is 8.59. The third kappa shape index (κ3) is 3.52. The number of piperazine rings is 1. The van der Waals surface area contributed by atoms with E-state index in [-0.39, 0.29) is 6.04 Å². The van der Waals surface area contributed by atoms with Gasteiger partial charge in [0.1, 0.15) is 6.07 Å². The largest absolute Gasteiger partial charge is 0.368 e. The molecule has 0 spiro atoms. The molecule has 5 nitrogen and oxygen atoms in total. The Labute approximate surface area is 153 Å². The smallest absolute Gasteiger partial charge is 0.101 e. The molecule has 0 bridgehead atoms. The van der Waals surface area contributed by atoms with Gasteiger partial charge in [-0.05, 0) is 42.8 Å². The van der Waals surface area contributed by atoms with Gasteiger partial charge in [0.15, 0.2) is 0 Å². The molecule has 2 aromatic carbocycles. The Bertz CT molecular complexity index is 903. The zero-order chi connectivity index (χ0) is 18.5. The molecule has 1 fully saturated rings. The quantitative estimate of drug-likeness (QED) is 0.857. The van der Waals surface area contributed by atoms with Crippen molar-refractivity contribution in [1.29, 1.82) is 15.8 Å². The van der Waals surface area contributed by atoms with Gasteiger partial charge in [0.25, 0.3) is 0 Å². The van der Waals surface area contributed by atoms with Crippen LogP contribution in [0.2, 0.25) is 0 Å². The Morgan fingerprint density at radius 3 is 2.00 bits per heavy atom. The van der Waals surface area contributed by atoms with Crippen LogP contribution >= 0.6 is 0 Å². The Kier molecular flexibility index (Phi) is 5.18. The normalized spacial score (nSPS) is 15.5. The van der Waals surface area contributed by atoms with E-state index in [1.165, 1.54) is 5.56 Å². The summed E-state index contributed by atoms with van der Waals surface area (Å²) < 4.78 is 0. The lowest BCUT2D eigenvalue weighted by molar-refractivity contribution is 0.198. The van der Waals surface area contributed by atoms with Crippen LogP contribution in [-0.2, 0) is 0 Å². The summed E-state index contributed by atoms with van der Waals surface area (Å²) in [6.45, 7) is 5.64. The van der Waals surface area contributed by atoms with Crippen LogP contribution < -0.4 is 4.90 Å². The van der Waals surface area contributed by atoms with Crippen LogP contribution in [0.1, 0.15) is 35.2 Å². The van der Waals surface area contributed by atoms with E-state index in [1.54, 1.807) is 12.1 Å². The van der Waals surface area contributed by atoms with Gasteiger partial charge in [0, 0.05) is 32.2 Å². The zero-order valence-electron chi connectivity index (χ0n) is 14.7. The molecule has 0 N–H and O–H groups in total. The molecular weight excluding hydrogens is 322 g/mol. The summed E-state index contributed by atoms with van der Waals surface area (Å²) >= 11 is 0. The Balaban J connectivity index is 1.68. The first-order chi connectivity index (χ1) is 12.7. The van der Waals surface area contributed by atoms with E-state index in [9.17, 15) is 5.26 Å². The van der Waals surface area contributed by atoms with E-state index in [2.05, 4.69) is 34.9 Å². The average Bonchev–Trinajstić information content (AvgIpc) is 2.73. The highest BCUT2D eigenvalue weighted by Crippen LogP contribution is 2.26. The summed E-state index contributed by atoms with van der Waals surface area (Å²) in [7, 11) is 0. The number of rotatable bonds is 3. The highest BCUT2D eigenvalue weighted by Gasteiger charge is 2.23. The number of benzene rings is 2. The molecule has 0 aromatic heterocycles. The van der Waals surface area contributed by atoms with Crippen molar-refractivity contribution >= 4 is 5.69 Å². The zero-order valence-corrected chi connectivity index (χ0v) is 14.7. The molecule has 1 atom stereocenters. The second kappa shape index (κ2) is 7.70. The summed E-state index contributed by atoms with van der Waals surface area (Å²) in [5.74, 6) is 0. The fourth-order valence-corrected chi connectivity index (χ4v) is 3.37. The van der Waals surface area contributed by atoms with Gasteiger partial charge in [0.05, 0.1) is 34.5 Å². The minimum Gasteiger partial charge on any atom is -0.368 e. The van der Waals surface area contributed by atoms with Crippen LogP contribution in [0.3, 0.4) is 0 Å². The second-order valence-electron chi connectivity index (χ2n) is 6.39. The number of nitriles is 3. The number of anilines is 1. The predicted molar refractivity (Wildman–Crippen MR) is 99.2 cm³/mol. The monoisotopic (exact) mass is 341 g/mol. The van der Waals surface area contributed by atoms with E-state index < -0.39 is 0 Å². The molecule has 0 aliphatic carbocycles. The summed E-state index contributed by atoms with van der Waals surface area (Å²) in [4.78, 5) is 4.62. The minimum atomic E-state index is 0.279. The summed E-state index contributed by atoms with van der Waals surface area (Å²) in [6.07, 6.45) is 0. The van der Waals surface area contributed by atoms with Crippen molar-refractivity contribution in [2.45, 2.75) is 13.0 Å². The lowest BCUT2D eigenvalue weighted by atomic mass is 10.0. The van der Waals surface area contributed by atoms with E-state index in [0.29, 0.717) is 16.7 Å². The van der Waals surface area contributed by atoms with Gasteiger partial charge in [0.2, 0.25) is 0 Å². The van der Waals surface area contributed by atoms with Crippen LogP contribution in [0.15, 0.2) is 42.5 Å². The van der Waals surface area contributed by atoms with E-state index in [1.807, 2.05) is 30.3 Å². The van der Waals surface area contributed by atoms with E-state index >= 15 is 0 Å². The average molecular weight is 341 g/mol. The van der Waals surface area contributed by atoms with Gasteiger partial charge in [-0.1, -0.05) is 12.1 Å². The van der Waals surface area contributed by atoms with Crippen LogP contribution in [-0.4, -0.2) is 31.1 Å².